The lowest BCUT2D eigenvalue weighted by Gasteiger charge is -2.48. The maximum atomic E-state index is 2.76. The van der Waals surface area contributed by atoms with E-state index in [2.05, 4.69) is 187 Å². The predicted molar refractivity (Wildman–Crippen MR) is 239 cm³/mol. The SMILES string of the molecule is CCc1cccc(CC)c1N(c1c(C)cccc1C)c1ccc2ccc3c4c(ccc1c24)=CCC3(C)N(c1c(C)cccc1C)c1c(CC)cccc1CC. The van der Waals surface area contributed by atoms with Crippen LogP contribution in [-0.2, 0) is 31.2 Å². The lowest BCUT2D eigenvalue weighted by molar-refractivity contribution is 0.496. The van der Waals surface area contributed by atoms with Gasteiger partial charge in [0.15, 0.2) is 0 Å². The minimum atomic E-state index is -0.339. The molecule has 1 atom stereocenters. The zero-order chi connectivity index (χ0) is 38.6. The summed E-state index contributed by atoms with van der Waals surface area (Å²) >= 11 is 0. The average molecular weight is 721 g/mol. The third-order valence-electron chi connectivity index (χ3n) is 12.7. The van der Waals surface area contributed by atoms with Crippen molar-refractivity contribution in [3.63, 3.8) is 0 Å². The molecule has 0 amide bonds. The number of nitrogens with zero attached hydrogens (tertiary/aromatic N) is 2. The van der Waals surface area contributed by atoms with Crippen LogP contribution in [0.2, 0.25) is 0 Å². The first-order valence-corrected chi connectivity index (χ1v) is 20.6. The average Bonchev–Trinajstić information content (AvgIpc) is 3.20. The number of para-hydroxylation sites is 4. The Hall–Kier alpha value is -5.34. The molecule has 0 aromatic heterocycles. The lowest BCUT2D eigenvalue weighted by atomic mass is 9.76. The third-order valence-corrected chi connectivity index (χ3v) is 12.7. The van der Waals surface area contributed by atoms with E-state index in [1.807, 2.05) is 0 Å². The van der Waals surface area contributed by atoms with Crippen molar-refractivity contribution in [2.45, 2.75) is 100.0 Å². The third kappa shape index (κ3) is 5.76. The molecule has 2 nitrogen and oxygen atoms in total. The van der Waals surface area contributed by atoms with Crippen LogP contribution in [0.3, 0.4) is 0 Å². The van der Waals surface area contributed by atoms with E-state index in [9.17, 15) is 0 Å². The molecule has 0 bridgehead atoms. The molecule has 2 heteroatoms. The Kier molecular flexibility index (Phi) is 9.58. The van der Waals surface area contributed by atoms with Gasteiger partial charge in [-0.25, -0.2) is 0 Å². The Bertz CT molecular complexity index is 2560. The van der Waals surface area contributed by atoms with Gasteiger partial charge in [-0.15, -0.1) is 0 Å². The van der Waals surface area contributed by atoms with Gasteiger partial charge in [-0.2, -0.15) is 0 Å². The molecule has 278 valence electrons. The van der Waals surface area contributed by atoms with E-state index in [1.165, 1.54) is 105 Å². The monoisotopic (exact) mass is 720 g/mol. The van der Waals surface area contributed by atoms with Crippen molar-refractivity contribution in [2.75, 3.05) is 9.80 Å². The first kappa shape index (κ1) is 36.6. The molecule has 0 spiro atoms. The predicted octanol–water partition coefficient (Wildman–Crippen LogP) is 13.9. The lowest BCUT2D eigenvalue weighted by Crippen LogP contribution is -2.44. The van der Waals surface area contributed by atoms with Gasteiger partial charge in [-0.05, 0) is 144 Å². The Morgan fingerprint density at radius 3 is 1.53 bits per heavy atom. The van der Waals surface area contributed by atoms with Crippen LogP contribution in [-0.4, -0.2) is 0 Å². The van der Waals surface area contributed by atoms with Crippen molar-refractivity contribution in [3.8, 4) is 0 Å². The molecular weight excluding hydrogens is 665 g/mol. The maximum absolute atomic E-state index is 2.76. The molecule has 0 saturated carbocycles. The van der Waals surface area contributed by atoms with Crippen LogP contribution in [0.15, 0.2) is 109 Å². The molecule has 8 rings (SSSR count). The molecule has 0 radical (unpaired) electrons. The highest BCUT2D eigenvalue weighted by Crippen LogP contribution is 2.52. The van der Waals surface area contributed by atoms with Crippen LogP contribution < -0.4 is 15.0 Å². The summed E-state index contributed by atoms with van der Waals surface area (Å²) in [6.45, 7) is 20.8. The van der Waals surface area contributed by atoms with Gasteiger partial charge in [0, 0.05) is 16.8 Å². The standard InChI is InChI=1S/C53H56N2/c1-10-38-22-16-23-39(11-2)51(38)54(49-34(5)18-14-19-35(49)6)46-31-28-42-27-30-45-48-43(26-29-44(46)47(42)48)32-33-53(45,9)55(50-36(7)20-15-21-37(50)8)52-40(12-3)24-17-25-41(52)13-4/h14-32H,10-13,33H2,1-9H3. The van der Waals surface area contributed by atoms with Gasteiger partial charge in [0.1, 0.15) is 0 Å². The van der Waals surface area contributed by atoms with Crippen molar-refractivity contribution in [1.82, 2.24) is 0 Å². The number of hydrogen-bond donors (Lipinski definition) is 0. The first-order chi connectivity index (χ1) is 26.7. The minimum absolute atomic E-state index is 0.339. The molecule has 55 heavy (non-hydrogen) atoms. The summed E-state index contributed by atoms with van der Waals surface area (Å²) < 4.78 is 0. The smallest absolute Gasteiger partial charge is 0.0715 e. The second-order valence-electron chi connectivity index (χ2n) is 16.0. The van der Waals surface area contributed by atoms with Gasteiger partial charge in [-0.1, -0.05) is 137 Å². The van der Waals surface area contributed by atoms with E-state index in [1.54, 1.807) is 0 Å². The fourth-order valence-corrected chi connectivity index (χ4v) is 9.88. The molecule has 7 aromatic rings. The second-order valence-corrected chi connectivity index (χ2v) is 16.0. The van der Waals surface area contributed by atoms with Crippen molar-refractivity contribution in [1.29, 1.82) is 0 Å². The van der Waals surface area contributed by atoms with E-state index in [0.717, 1.165) is 32.1 Å². The molecule has 0 saturated heterocycles. The van der Waals surface area contributed by atoms with E-state index in [4.69, 9.17) is 0 Å². The minimum Gasteiger partial charge on any atom is -0.330 e. The van der Waals surface area contributed by atoms with Crippen LogP contribution >= 0.6 is 0 Å². The topological polar surface area (TPSA) is 6.48 Å². The summed E-state index contributed by atoms with van der Waals surface area (Å²) in [4.78, 5) is 5.38. The van der Waals surface area contributed by atoms with E-state index in [0.29, 0.717) is 0 Å². The van der Waals surface area contributed by atoms with Gasteiger partial charge >= 0.3 is 0 Å². The summed E-state index contributed by atoms with van der Waals surface area (Å²) in [6.07, 6.45) is 7.34. The van der Waals surface area contributed by atoms with Gasteiger partial charge < -0.3 is 9.80 Å². The van der Waals surface area contributed by atoms with Crippen LogP contribution in [0, 0.1) is 27.7 Å². The zero-order valence-corrected chi connectivity index (χ0v) is 34.4. The molecule has 0 fully saturated rings. The second kappa shape index (κ2) is 14.4. The Balaban J connectivity index is 1.47. The molecule has 1 aliphatic rings. The summed E-state index contributed by atoms with van der Waals surface area (Å²) in [5.74, 6) is 0. The normalized spacial score (nSPS) is 15.1. The summed E-state index contributed by atoms with van der Waals surface area (Å²) in [5, 5.41) is 6.67. The highest BCUT2D eigenvalue weighted by atomic mass is 15.2. The van der Waals surface area contributed by atoms with Crippen molar-refractivity contribution < 1.29 is 0 Å². The molecule has 0 heterocycles. The Morgan fingerprint density at radius 2 is 0.982 bits per heavy atom. The summed E-state index contributed by atoms with van der Waals surface area (Å²) in [6, 6.07) is 41.8. The number of aryl methyl sites for hydroxylation is 8. The van der Waals surface area contributed by atoms with Crippen LogP contribution in [0.4, 0.5) is 28.4 Å². The zero-order valence-electron chi connectivity index (χ0n) is 34.4. The number of hydrogen-bond acceptors (Lipinski definition) is 2. The van der Waals surface area contributed by atoms with Crippen molar-refractivity contribution in [3.05, 3.63) is 164 Å². The number of rotatable bonds is 10. The highest BCUT2D eigenvalue weighted by molar-refractivity contribution is 6.17. The van der Waals surface area contributed by atoms with E-state index >= 15 is 0 Å². The number of anilines is 5. The van der Waals surface area contributed by atoms with Gasteiger partial charge in [0.2, 0.25) is 0 Å². The van der Waals surface area contributed by atoms with Gasteiger partial charge in [0.05, 0.1) is 22.6 Å². The first-order valence-electron chi connectivity index (χ1n) is 20.6. The summed E-state index contributed by atoms with van der Waals surface area (Å²) in [5.41, 5.74) is 18.4. The van der Waals surface area contributed by atoms with Gasteiger partial charge in [0.25, 0.3) is 0 Å². The Morgan fingerprint density at radius 1 is 0.491 bits per heavy atom. The maximum Gasteiger partial charge on any atom is 0.0715 e. The van der Waals surface area contributed by atoms with Gasteiger partial charge in [-0.3, -0.25) is 0 Å². The summed E-state index contributed by atoms with van der Waals surface area (Å²) in [7, 11) is 0. The molecule has 1 aliphatic carbocycles. The van der Waals surface area contributed by atoms with E-state index in [-0.39, 0.29) is 5.54 Å². The van der Waals surface area contributed by atoms with Crippen molar-refractivity contribution in [2.24, 2.45) is 0 Å². The molecule has 0 N–H and O–H groups in total. The van der Waals surface area contributed by atoms with Crippen molar-refractivity contribution >= 4 is 56.1 Å². The molecule has 0 aliphatic heterocycles. The Labute approximate surface area is 329 Å². The highest BCUT2D eigenvalue weighted by Gasteiger charge is 2.40. The van der Waals surface area contributed by atoms with Crippen LogP contribution in [0.5, 0.6) is 0 Å². The number of benzene rings is 7. The largest absolute Gasteiger partial charge is 0.330 e. The fourth-order valence-electron chi connectivity index (χ4n) is 9.88. The fraction of sp³-hybridized carbons (Fsp3) is 0.283. The quantitative estimate of drug-likeness (QED) is 0.139. The van der Waals surface area contributed by atoms with Crippen LogP contribution in [0.1, 0.15) is 91.1 Å². The molecule has 7 aromatic carbocycles. The van der Waals surface area contributed by atoms with Crippen LogP contribution in [0.25, 0.3) is 27.6 Å². The molecular formula is C53H56N2. The molecule has 1 unspecified atom stereocenters. The van der Waals surface area contributed by atoms with E-state index < -0.39 is 0 Å².